The van der Waals surface area contributed by atoms with E-state index in [4.69, 9.17) is 0 Å². The molecule has 0 bridgehead atoms. The quantitative estimate of drug-likeness (QED) is 0.930. The minimum absolute atomic E-state index is 0.387. The summed E-state index contributed by atoms with van der Waals surface area (Å²) in [6, 6.07) is 9.26. The van der Waals surface area contributed by atoms with Gasteiger partial charge in [-0.25, -0.2) is 9.67 Å². The Bertz CT molecular complexity index is 557. The fourth-order valence-electron chi connectivity index (χ4n) is 3.17. The summed E-state index contributed by atoms with van der Waals surface area (Å²) in [6.45, 7) is 5.53. The normalized spacial score (nSPS) is 21.1. The van der Waals surface area contributed by atoms with Gasteiger partial charge in [-0.1, -0.05) is 38.8 Å². The van der Waals surface area contributed by atoms with Gasteiger partial charge < -0.3 is 5.32 Å². The molecule has 1 N–H and O–H groups in total. The zero-order valence-electron chi connectivity index (χ0n) is 12.9. The molecule has 0 radical (unpaired) electrons. The van der Waals surface area contributed by atoms with Crippen molar-refractivity contribution in [1.82, 2.24) is 14.8 Å². The van der Waals surface area contributed by atoms with Gasteiger partial charge in [-0.2, -0.15) is 5.10 Å². The number of aromatic nitrogens is 3. The highest BCUT2D eigenvalue weighted by Crippen LogP contribution is 2.37. The summed E-state index contributed by atoms with van der Waals surface area (Å²) in [5, 5.41) is 7.86. The molecule has 0 aliphatic heterocycles. The molecule has 4 nitrogen and oxygen atoms in total. The maximum absolute atomic E-state index is 4.14. The third-order valence-electron chi connectivity index (χ3n) is 4.61. The van der Waals surface area contributed by atoms with Crippen molar-refractivity contribution in [2.45, 2.75) is 52.1 Å². The summed E-state index contributed by atoms with van der Waals surface area (Å²) in [7, 11) is 0. The molecule has 1 aliphatic rings. The lowest BCUT2D eigenvalue weighted by molar-refractivity contribution is 0.217. The molecule has 2 aromatic rings. The van der Waals surface area contributed by atoms with Crippen LogP contribution in [0.5, 0.6) is 0 Å². The second-order valence-corrected chi connectivity index (χ2v) is 6.72. The molecule has 1 aromatic carbocycles. The highest BCUT2D eigenvalue weighted by atomic mass is 15.3. The van der Waals surface area contributed by atoms with Crippen LogP contribution >= 0.6 is 0 Å². The number of nitrogens with zero attached hydrogens (tertiary/aromatic N) is 3. The second-order valence-electron chi connectivity index (χ2n) is 6.72. The number of nitrogens with one attached hydrogen (secondary N) is 1. The molecule has 1 heterocycles. The van der Waals surface area contributed by atoms with E-state index in [-0.39, 0.29) is 0 Å². The number of hydrogen-bond acceptors (Lipinski definition) is 3. The van der Waals surface area contributed by atoms with Crippen molar-refractivity contribution in [3.63, 3.8) is 0 Å². The number of benzene rings is 1. The maximum atomic E-state index is 4.14. The Hall–Kier alpha value is -1.84. The molecular formula is C17H24N4. The maximum Gasteiger partial charge on any atom is 0.137 e. The van der Waals surface area contributed by atoms with Gasteiger partial charge in [0, 0.05) is 11.7 Å². The fraction of sp³-hybridized carbons (Fsp3) is 0.529. The minimum Gasteiger partial charge on any atom is -0.382 e. The van der Waals surface area contributed by atoms with E-state index in [1.165, 1.54) is 36.9 Å². The van der Waals surface area contributed by atoms with Crippen LogP contribution in [0.15, 0.2) is 36.9 Å². The number of rotatable bonds is 4. The van der Waals surface area contributed by atoms with Gasteiger partial charge in [0.2, 0.25) is 0 Å². The molecular weight excluding hydrogens is 260 g/mol. The average Bonchev–Trinajstić information content (AvgIpc) is 2.96. The first-order valence-electron chi connectivity index (χ1n) is 7.81. The van der Waals surface area contributed by atoms with E-state index in [1.54, 1.807) is 12.7 Å². The smallest absolute Gasteiger partial charge is 0.137 e. The molecule has 3 rings (SSSR count). The van der Waals surface area contributed by atoms with Gasteiger partial charge in [-0.15, -0.1) is 0 Å². The summed E-state index contributed by atoms with van der Waals surface area (Å²) in [6.07, 6.45) is 8.61. The van der Waals surface area contributed by atoms with Crippen molar-refractivity contribution >= 4 is 5.69 Å². The Balaban J connectivity index is 1.64. The predicted octanol–water partition coefficient (Wildman–Crippen LogP) is 3.71. The monoisotopic (exact) mass is 284 g/mol. The summed E-state index contributed by atoms with van der Waals surface area (Å²) in [5.41, 5.74) is 2.85. The molecule has 4 heteroatoms. The third kappa shape index (κ3) is 3.43. The van der Waals surface area contributed by atoms with Crippen LogP contribution in [0, 0.1) is 5.41 Å². The van der Waals surface area contributed by atoms with Crippen molar-refractivity contribution < 1.29 is 0 Å². The van der Waals surface area contributed by atoms with Crippen molar-refractivity contribution in [2.75, 3.05) is 5.32 Å². The third-order valence-corrected chi connectivity index (χ3v) is 4.61. The van der Waals surface area contributed by atoms with Gasteiger partial charge >= 0.3 is 0 Å². The van der Waals surface area contributed by atoms with Crippen molar-refractivity contribution in [2.24, 2.45) is 5.41 Å². The molecule has 1 aliphatic carbocycles. The lowest BCUT2D eigenvalue weighted by atomic mass is 9.73. The Labute approximate surface area is 126 Å². The van der Waals surface area contributed by atoms with E-state index in [1.807, 2.05) is 4.68 Å². The van der Waals surface area contributed by atoms with Crippen molar-refractivity contribution in [3.05, 3.63) is 42.5 Å². The van der Waals surface area contributed by atoms with Crippen LogP contribution in [-0.4, -0.2) is 20.8 Å². The summed E-state index contributed by atoms with van der Waals surface area (Å²) in [4.78, 5) is 3.97. The van der Waals surface area contributed by atoms with E-state index in [9.17, 15) is 0 Å². The van der Waals surface area contributed by atoms with Gasteiger partial charge in [-0.3, -0.25) is 0 Å². The Morgan fingerprint density at radius 2 is 2.05 bits per heavy atom. The molecule has 0 saturated heterocycles. The Kier molecular flexibility index (Phi) is 3.95. The molecule has 0 spiro atoms. The molecule has 1 aromatic heterocycles. The van der Waals surface area contributed by atoms with Gasteiger partial charge in [0.25, 0.3) is 0 Å². The highest BCUT2D eigenvalue weighted by Gasteiger charge is 2.31. The van der Waals surface area contributed by atoms with E-state index in [0.29, 0.717) is 11.5 Å². The van der Waals surface area contributed by atoms with Crippen LogP contribution in [-0.2, 0) is 6.54 Å². The summed E-state index contributed by atoms with van der Waals surface area (Å²) < 4.78 is 1.84. The van der Waals surface area contributed by atoms with E-state index in [2.05, 4.69) is 53.5 Å². The number of anilines is 1. The van der Waals surface area contributed by atoms with Crippen LogP contribution in [0.4, 0.5) is 5.69 Å². The minimum atomic E-state index is 0.387. The molecule has 0 amide bonds. The lowest BCUT2D eigenvalue weighted by Gasteiger charge is -2.39. The van der Waals surface area contributed by atoms with Gasteiger partial charge in [0.15, 0.2) is 0 Å². The summed E-state index contributed by atoms with van der Waals surface area (Å²) >= 11 is 0. The first kappa shape index (κ1) is 14.1. The highest BCUT2D eigenvalue weighted by molar-refractivity contribution is 5.46. The van der Waals surface area contributed by atoms with E-state index >= 15 is 0 Å². The standard InChI is InChI=1S/C17H24N4/c1-17(2)10-4-3-5-16(17)20-15-8-6-14(7-9-15)11-21-13-18-12-19-21/h6-9,12-13,16,20H,3-5,10-11H2,1-2H3. The zero-order valence-corrected chi connectivity index (χ0v) is 12.9. The SMILES string of the molecule is CC1(C)CCCCC1Nc1ccc(Cn2cncn2)cc1. The number of hydrogen-bond donors (Lipinski definition) is 1. The topological polar surface area (TPSA) is 42.7 Å². The van der Waals surface area contributed by atoms with E-state index < -0.39 is 0 Å². The van der Waals surface area contributed by atoms with E-state index in [0.717, 1.165) is 6.54 Å². The second kappa shape index (κ2) is 5.88. The van der Waals surface area contributed by atoms with Gasteiger partial charge in [-0.05, 0) is 36.0 Å². The fourth-order valence-corrected chi connectivity index (χ4v) is 3.17. The van der Waals surface area contributed by atoms with Crippen molar-refractivity contribution in [1.29, 1.82) is 0 Å². The van der Waals surface area contributed by atoms with Crippen LogP contribution in [0.3, 0.4) is 0 Å². The first-order valence-corrected chi connectivity index (χ1v) is 7.81. The molecule has 1 fully saturated rings. The molecule has 112 valence electrons. The molecule has 1 unspecified atom stereocenters. The summed E-state index contributed by atoms with van der Waals surface area (Å²) in [5.74, 6) is 0. The van der Waals surface area contributed by atoms with Crippen LogP contribution < -0.4 is 5.32 Å². The average molecular weight is 284 g/mol. The zero-order chi connectivity index (χ0) is 14.7. The van der Waals surface area contributed by atoms with Gasteiger partial charge in [0.05, 0.1) is 6.54 Å². The lowest BCUT2D eigenvalue weighted by Crippen LogP contribution is -2.38. The molecule has 1 atom stereocenters. The predicted molar refractivity (Wildman–Crippen MR) is 85.2 cm³/mol. The first-order chi connectivity index (χ1) is 10.1. The van der Waals surface area contributed by atoms with Crippen LogP contribution in [0.1, 0.15) is 45.1 Å². The molecule has 1 saturated carbocycles. The van der Waals surface area contributed by atoms with Crippen molar-refractivity contribution in [3.8, 4) is 0 Å². The Morgan fingerprint density at radius 1 is 1.24 bits per heavy atom. The van der Waals surface area contributed by atoms with Gasteiger partial charge in [0.1, 0.15) is 12.7 Å². The Morgan fingerprint density at radius 3 is 2.71 bits per heavy atom. The van der Waals surface area contributed by atoms with Crippen LogP contribution in [0.25, 0.3) is 0 Å². The van der Waals surface area contributed by atoms with Crippen LogP contribution in [0.2, 0.25) is 0 Å². The molecule has 21 heavy (non-hydrogen) atoms. The largest absolute Gasteiger partial charge is 0.382 e.